The van der Waals surface area contributed by atoms with Crippen molar-refractivity contribution in [3.8, 4) is 17.2 Å². The Labute approximate surface area is 201 Å². The van der Waals surface area contributed by atoms with Gasteiger partial charge in [-0.15, -0.1) is 0 Å². The highest BCUT2D eigenvalue weighted by atomic mass is 35.5. The number of fused-ring (bicyclic) bond motifs is 1. The summed E-state index contributed by atoms with van der Waals surface area (Å²) in [4.78, 5) is 17.4. The summed E-state index contributed by atoms with van der Waals surface area (Å²) in [5.41, 5.74) is 6.50. The summed E-state index contributed by atoms with van der Waals surface area (Å²) in [6, 6.07) is 14.6. The fourth-order valence-electron chi connectivity index (χ4n) is 3.57. The number of hydrogen-bond donors (Lipinski definition) is 2. The number of ether oxygens (including phenoxy) is 1. The van der Waals surface area contributed by atoms with Crippen molar-refractivity contribution >= 4 is 51.6 Å². The molecular weight excluding hydrogens is 458 g/mol. The minimum atomic E-state index is -0.426. The highest BCUT2D eigenvalue weighted by Crippen LogP contribution is 2.30. The van der Waals surface area contributed by atoms with E-state index in [4.69, 9.17) is 33.0 Å². The normalized spacial score (nSPS) is 10.8. The Morgan fingerprint density at radius 3 is 2.61 bits per heavy atom. The van der Waals surface area contributed by atoms with Crippen molar-refractivity contribution in [2.75, 3.05) is 12.4 Å². The number of nitrogens with one attached hydrogen (secondary N) is 2. The second-order valence-corrected chi connectivity index (χ2v) is 8.58. The number of carbonyl (C=O) groups excluding carboxylic acids is 1. The van der Waals surface area contributed by atoms with Crippen molar-refractivity contribution in [2.24, 2.45) is 0 Å². The van der Waals surface area contributed by atoms with Crippen LogP contribution in [0.1, 0.15) is 27.0 Å². The lowest BCUT2D eigenvalue weighted by atomic mass is 10.1. The molecule has 2 N–H and O–H groups in total. The molecule has 0 unspecified atom stereocenters. The molecule has 0 bridgehead atoms. The molecule has 0 spiro atoms. The monoisotopic (exact) mass is 479 g/mol. The Bertz CT molecular complexity index is 1400. The largest absolute Gasteiger partial charge is 0.496 e. The molecule has 168 valence electrons. The maximum absolute atomic E-state index is 12.7. The van der Waals surface area contributed by atoms with Gasteiger partial charge < -0.3 is 14.5 Å². The first-order valence-electron chi connectivity index (χ1n) is 10.2. The van der Waals surface area contributed by atoms with Crippen LogP contribution < -0.4 is 15.4 Å². The first-order valence-corrected chi connectivity index (χ1v) is 11.0. The highest BCUT2D eigenvalue weighted by molar-refractivity contribution is 7.80. The second kappa shape index (κ2) is 9.21. The van der Waals surface area contributed by atoms with Gasteiger partial charge >= 0.3 is 0 Å². The van der Waals surface area contributed by atoms with Crippen LogP contribution in [0.3, 0.4) is 0 Å². The Kier molecular flexibility index (Phi) is 6.35. The molecule has 1 heterocycles. The molecular formula is C25H22ClN3O3S. The lowest BCUT2D eigenvalue weighted by Gasteiger charge is -2.14. The number of carbonyl (C=O) groups is 1. The summed E-state index contributed by atoms with van der Waals surface area (Å²) in [5, 5.41) is 6.32. The predicted octanol–water partition coefficient (Wildman–Crippen LogP) is 6.21. The van der Waals surface area contributed by atoms with E-state index in [1.54, 1.807) is 12.1 Å². The zero-order chi connectivity index (χ0) is 23.7. The highest BCUT2D eigenvalue weighted by Gasteiger charge is 2.16. The molecule has 0 saturated heterocycles. The number of halogens is 1. The maximum Gasteiger partial charge on any atom is 0.261 e. The van der Waals surface area contributed by atoms with Crippen LogP contribution in [0, 0.1) is 20.8 Å². The number of rotatable bonds is 4. The Morgan fingerprint density at radius 2 is 1.85 bits per heavy atom. The van der Waals surface area contributed by atoms with Crippen LogP contribution in [0.15, 0.2) is 52.9 Å². The number of aromatic nitrogens is 1. The maximum atomic E-state index is 12.7. The van der Waals surface area contributed by atoms with Crippen molar-refractivity contribution in [1.29, 1.82) is 0 Å². The molecule has 0 aliphatic heterocycles. The van der Waals surface area contributed by atoms with E-state index in [-0.39, 0.29) is 10.7 Å². The van der Waals surface area contributed by atoms with Crippen molar-refractivity contribution in [2.45, 2.75) is 20.8 Å². The number of thiocarbonyl (C=S) groups is 1. The molecule has 0 aliphatic rings. The molecule has 4 rings (SSSR count). The number of benzene rings is 3. The van der Waals surface area contributed by atoms with Crippen molar-refractivity contribution in [3.63, 3.8) is 0 Å². The van der Waals surface area contributed by atoms with Gasteiger partial charge in [-0.2, -0.15) is 0 Å². The Morgan fingerprint density at radius 1 is 1.06 bits per heavy atom. The predicted molar refractivity (Wildman–Crippen MR) is 135 cm³/mol. The van der Waals surface area contributed by atoms with Crippen LogP contribution in [0.25, 0.3) is 22.6 Å². The second-order valence-electron chi connectivity index (χ2n) is 7.73. The van der Waals surface area contributed by atoms with Crippen LogP contribution in [-0.4, -0.2) is 23.1 Å². The number of amides is 1. The zero-order valence-electron chi connectivity index (χ0n) is 18.6. The van der Waals surface area contributed by atoms with Gasteiger partial charge in [0.05, 0.1) is 12.7 Å². The van der Waals surface area contributed by atoms with E-state index in [0.717, 1.165) is 39.0 Å². The first kappa shape index (κ1) is 22.8. The first-order chi connectivity index (χ1) is 15.7. The molecule has 1 aromatic heterocycles. The van der Waals surface area contributed by atoms with Gasteiger partial charge in [-0.05, 0) is 86.1 Å². The Hall–Kier alpha value is -3.42. The van der Waals surface area contributed by atoms with E-state index in [9.17, 15) is 4.79 Å². The molecule has 0 fully saturated rings. The summed E-state index contributed by atoms with van der Waals surface area (Å²) in [6.45, 7) is 5.97. The van der Waals surface area contributed by atoms with E-state index in [2.05, 4.69) is 21.7 Å². The SMILES string of the molecule is COc1ccc(Cl)cc1C(=O)NC(=S)Nc1cc(-c2nc3cc(C)cc(C)c3o2)ccc1C. The van der Waals surface area contributed by atoms with Gasteiger partial charge in [-0.25, -0.2) is 4.98 Å². The summed E-state index contributed by atoms with van der Waals surface area (Å²) in [6.07, 6.45) is 0. The molecule has 3 aromatic carbocycles. The molecule has 4 aromatic rings. The minimum Gasteiger partial charge on any atom is -0.496 e. The topological polar surface area (TPSA) is 76.4 Å². The molecule has 0 atom stereocenters. The van der Waals surface area contributed by atoms with Gasteiger partial charge in [0.1, 0.15) is 11.3 Å². The third-order valence-corrected chi connectivity index (χ3v) is 5.63. The van der Waals surface area contributed by atoms with Gasteiger partial charge in [-0.3, -0.25) is 10.1 Å². The van der Waals surface area contributed by atoms with E-state index >= 15 is 0 Å². The molecule has 0 saturated carbocycles. The number of hydrogen-bond acceptors (Lipinski definition) is 5. The zero-order valence-corrected chi connectivity index (χ0v) is 20.1. The fraction of sp³-hybridized carbons (Fsp3) is 0.160. The molecule has 1 amide bonds. The van der Waals surface area contributed by atoms with Gasteiger partial charge in [0.2, 0.25) is 5.89 Å². The molecule has 0 aliphatic carbocycles. The summed E-state index contributed by atoms with van der Waals surface area (Å²) in [7, 11) is 1.49. The van der Waals surface area contributed by atoms with E-state index in [1.165, 1.54) is 13.2 Å². The standard InChI is InChI=1S/C25H22ClN3O3S/c1-13-9-15(3)22-20(10-13)27-24(32-22)16-6-5-14(2)19(11-16)28-25(33)29-23(30)18-12-17(26)7-8-21(18)31-4/h5-12H,1-4H3,(H2,28,29,30,33). The van der Waals surface area contributed by atoms with Crippen LogP contribution >= 0.6 is 23.8 Å². The number of nitrogens with zero attached hydrogens (tertiary/aromatic N) is 1. The van der Waals surface area contributed by atoms with Crippen molar-refractivity contribution < 1.29 is 13.9 Å². The summed E-state index contributed by atoms with van der Waals surface area (Å²) < 4.78 is 11.3. The van der Waals surface area contributed by atoms with E-state index in [0.29, 0.717) is 16.7 Å². The van der Waals surface area contributed by atoms with Crippen molar-refractivity contribution in [3.05, 3.63) is 75.8 Å². The third-order valence-electron chi connectivity index (χ3n) is 5.19. The summed E-state index contributed by atoms with van der Waals surface area (Å²) in [5.74, 6) is 0.491. The smallest absolute Gasteiger partial charge is 0.261 e. The number of oxazole rings is 1. The van der Waals surface area contributed by atoms with Crippen molar-refractivity contribution in [1.82, 2.24) is 10.3 Å². The number of anilines is 1. The molecule has 0 radical (unpaired) electrons. The number of methoxy groups -OCH3 is 1. The number of aryl methyl sites for hydroxylation is 3. The quantitative estimate of drug-likeness (QED) is 0.339. The molecule has 8 heteroatoms. The Balaban J connectivity index is 1.56. The van der Waals surface area contributed by atoms with Crippen LogP contribution in [0.2, 0.25) is 5.02 Å². The minimum absolute atomic E-state index is 0.145. The van der Waals surface area contributed by atoms with E-state index < -0.39 is 5.91 Å². The molecule has 33 heavy (non-hydrogen) atoms. The fourth-order valence-corrected chi connectivity index (χ4v) is 3.95. The van der Waals surface area contributed by atoms with Gasteiger partial charge in [0, 0.05) is 16.3 Å². The van der Waals surface area contributed by atoms with Gasteiger partial charge in [-0.1, -0.05) is 23.7 Å². The van der Waals surface area contributed by atoms with E-state index in [1.807, 2.05) is 45.0 Å². The third kappa shape index (κ3) is 4.84. The van der Waals surface area contributed by atoms with Gasteiger partial charge in [0.15, 0.2) is 10.7 Å². The average molecular weight is 480 g/mol. The van der Waals surface area contributed by atoms with Gasteiger partial charge in [0.25, 0.3) is 5.91 Å². The lowest BCUT2D eigenvalue weighted by molar-refractivity contribution is 0.0974. The lowest BCUT2D eigenvalue weighted by Crippen LogP contribution is -2.34. The van der Waals surface area contributed by atoms with Crippen LogP contribution in [0.4, 0.5) is 5.69 Å². The molecule has 6 nitrogen and oxygen atoms in total. The van der Waals surface area contributed by atoms with Crippen LogP contribution in [0.5, 0.6) is 5.75 Å². The average Bonchev–Trinajstić information content (AvgIpc) is 3.19. The van der Waals surface area contributed by atoms with Crippen LogP contribution in [-0.2, 0) is 0 Å². The summed E-state index contributed by atoms with van der Waals surface area (Å²) >= 11 is 11.4.